The van der Waals surface area contributed by atoms with Crippen molar-refractivity contribution >= 4 is 11.4 Å². The summed E-state index contributed by atoms with van der Waals surface area (Å²) < 4.78 is 0. The summed E-state index contributed by atoms with van der Waals surface area (Å²) in [6, 6.07) is 14.6. The van der Waals surface area contributed by atoms with Gasteiger partial charge in [-0.3, -0.25) is 4.79 Å². The first-order valence-corrected chi connectivity index (χ1v) is 8.70. The van der Waals surface area contributed by atoms with Crippen molar-refractivity contribution in [2.75, 3.05) is 0 Å². The second-order valence-corrected chi connectivity index (χ2v) is 7.23. The highest BCUT2D eigenvalue weighted by Gasteiger charge is 2.41. The van der Waals surface area contributed by atoms with Crippen molar-refractivity contribution in [3.8, 4) is 11.1 Å². The van der Waals surface area contributed by atoms with Gasteiger partial charge in [-0.05, 0) is 61.4 Å². The van der Waals surface area contributed by atoms with Gasteiger partial charge >= 0.3 is 0 Å². The van der Waals surface area contributed by atoms with E-state index in [0.717, 1.165) is 41.5 Å². The summed E-state index contributed by atoms with van der Waals surface area (Å²) in [5.74, 6) is 0.719. The molecule has 122 valence electrons. The molecular formula is C22H22O2. The average Bonchev–Trinajstić information content (AvgIpc) is 3.02. The summed E-state index contributed by atoms with van der Waals surface area (Å²) in [6.45, 7) is 4.09. The van der Waals surface area contributed by atoms with Crippen molar-refractivity contribution in [1.29, 1.82) is 0 Å². The number of Topliss-reactive ketones (excluding diaryl/α,β-unsaturated/α-hetero) is 1. The highest BCUT2D eigenvalue weighted by molar-refractivity contribution is 6.23. The maximum Gasteiger partial charge on any atom is 0.169 e. The number of allylic oxidation sites excluding steroid dienone is 2. The van der Waals surface area contributed by atoms with Gasteiger partial charge in [-0.2, -0.15) is 0 Å². The van der Waals surface area contributed by atoms with Crippen molar-refractivity contribution in [2.24, 2.45) is 11.8 Å². The van der Waals surface area contributed by atoms with Crippen molar-refractivity contribution in [3.05, 3.63) is 64.9 Å². The molecule has 0 aliphatic heterocycles. The molecule has 0 saturated heterocycles. The van der Waals surface area contributed by atoms with E-state index in [9.17, 15) is 9.90 Å². The van der Waals surface area contributed by atoms with Crippen LogP contribution in [-0.4, -0.2) is 10.9 Å². The van der Waals surface area contributed by atoms with Crippen molar-refractivity contribution in [2.45, 2.75) is 33.1 Å². The van der Waals surface area contributed by atoms with Crippen LogP contribution >= 0.6 is 0 Å². The van der Waals surface area contributed by atoms with Crippen LogP contribution in [-0.2, 0) is 4.79 Å². The third-order valence-corrected chi connectivity index (χ3v) is 5.55. The van der Waals surface area contributed by atoms with Gasteiger partial charge in [0.1, 0.15) is 5.76 Å². The fourth-order valence-electron chi connectivity index (χ4n) is 4.17. The highest BCUT2D eigenvalue weighted by Crippen LogP contribution is 2.46. The van der Waals surface area contributed by atoms with Crippen LogP contribution in [0.1, 0.15) is 36.0 Å². The first-order valence-electron chi connectivity index (χ1n) is 8.70. The fourth-order valence-corrected chi connectivity index (χ4v) is 4.17. The molecule has 2 atom stereocenters. The molecule has 2 aliphatic rings. The summed E-state index contributed by atoms with van der Waals surface area (Å²) in [4.78, 5) is 12.8. The fraction of sp³-hybridized carbons (Fsp3) is 0.318. The van der Waals surface area contributed by atoms with Gasteiger partial charge in [0.25, 0.3) is 0 Å². The molecule has 1 fully saturated rings. The molecule has 1 saturated carbocycles. The molecule has 2 nitrogen and oxygen atoms in total. The summed E-state index contributed by atoms with van der Waals surface area (Å²) in [5, 5.41) is 10.7. The van der Waals surface area contributed by atoms with E-state index in [1.807, 2.05) is 13.0 Å². The highest BCUT2D eigenvalue weighted by atomic mass is 16.3. The normalized spacial score (nSPS) is 23.0. The number of aliphatic hydroxyl groups excluding tert-OH is 1. The number of carbonyl (C=O) groups excluding carboxylic acids is 1. The van der Waals surface area contributed by atoms with Gasteiger partial charge in [-0.25, -0.2) is 0 Å². The van der Waals surface area contributed by atoms with E-state index < -0.39 is 0 Å². The van der Waals surface area contributed by atoms with Gasteiger partial charge < -0.3 is 5.11 Å². The Morgan fingerprint density at radius 1 is 0.958 bits per heavy atom. The summed E-state index contributed by atoms with van der Waals surface area (Å²) >= 11 is 0. The molecule has 2 aromatic rings. The number of ketones is 1. The molecule has 2 heteroatoms. The molecular weight excluding hydrogens is 296 g/mol. The number of hydrogen-bond acceptors (Lipinski definition) is 2. The van der Waals surface area contributed by atoms with Crippen LogP contribution in [0, 0.1) is 25.7 Å². The Kier molecular flexibility index (Phi) is 3.56. The average molecular weight is 318 g/mol. The van der Waals surface area contributed by atoms with E-state index in [1.54, 1.807) is 0 Å². The summed E-state index contributed by atoms with van der Waals surface area (Å²) in [7, 11) is 0. The molecule has 0 spiro atoms. The van der Waals surface area contributed by atoms with Gasteiger partial charge in [0.15, 0.2) is 5.78 Å². The number of benzene rings is 2. The lowest BCUT2D eigenvalue weighted by Gasteiger charge is -2.23. The zero-order valence-electron chi connectivity index (χ0n) is 14.2. The Morgan fingerprint density at radius 2 is 1.71 bits per heavy atom. The van der Waals surface area contributed by atoms with E-state index in [0.29, 0.717) is 11.3 Å². The quantitative estimate of drug-likeness (QED) is 0.822. The molecule has 4 rings (SSSR count). The predicted octanol–water partition coefficient (Wildman–Crippen LogP) is 5.24. The standard InChI is InChI=1S/C22H22O2/c1-13-4-3-5-15(10-13)16-7-6-14(2)19(12-16)20-21(23)17-8-9-18(11-17)22(20)24/h3-7,10,12,17-18,23H,8-9,11H2,1-2H3. The molecule has 2 unspecified atom stereocenters. The van der Waals surface area contributed by atoms with Crippen LogP contribution in [0.4, 0.5) is 0 Å². The van der Waals surface area contributed by atoms with Gasteiger partial charge in [-0.15, -0.1) is 0 Å². The first kappa shape index (κ1) is 15.2. The van der Waals surface area contributed by atoms with E-state index >= 15 is 0 Å². The monoisotopic (exact) mass is 318 g/mol. The topological polar surface area (TPSA) is 37.3 Å². The van der Waals surface area contributed by atoms with Crippen LogP contribution in [0.5, 0.6) is 0 Å². The van der Waals surface area contributed by atoms with E-state index in [4.69, 9.17) is 0 Å². The van der Waals surface area contributed by atoms with Crippen LogP contribution in [0.2, 0.25) is 0 Å². The van der Waals surface area contributed by atoms with Crippen LogP contribution in [0.15, 0.2) is 48.2 Å². The lowest BCUT2D eigenvalue weighted by molar-refractivity contribution is -0.117. The third kappa shape index (κ3) is 2.37. The smallest absolute Gasteiger partial charge is 0.169 e. The zero-order valence-corrected chi connectivity index (χ0v) is 14.2. The number of aliphatic hydroxyl groups is 1. The summed E-state index contributed by atoms with van der Waals surface area (Å²) in [6.07, 6.45) is 2.67. The number of fused-ring (bicyclic) bond motifs is 2. The largest absolute Gasteiger partial charge is 0.511 e. The SMILES string of the molecule is Cc1cccc(-c2ccc(C)c(C3=C(O)C4CCC(C4)C3=O)c2)c1. The van der Waals surface area contributed by atoms with Crippen LogP contribution in [0.3, 0.4) is 0 Å². The minimum atomic E-state index is 0.0999. The van der Waals surface area contributed by atoms with Gasteiger partial charge in [0.2, 0.25) is 0 Å². The van der Waals surface area contributed by atoms with Crippen LogP contribution in [0.25, 0.3) is 16.7 Å². The Balaban J connectivity index is 1.85. The molecule has 0 amide bonds. The van der Waals surface area contributed by atoms with Crippen molar-refractivity contribution in [1.82, 2.24) is 0 Å². The second kappa shape index (κ2) is 5.62. The maximum absolute atomic E-state index is 12.8. The van der Waals surface area contributed by atoms with Gasteiger partial charge in [0.05, 0.1) is 5.57 Å². The Labute approximate surface area is 142 Å². The molecule has 2 aliphatic carbocycles. The molecule has 24 heavy (non-hydrogen) atoms. The lowest BCUT2D eigenvalue weighted by atomic mass is 9.81. The van der Waals surface area contributed by atoms with Gasteiger partial charge in [-0.1, -0.05) is 42.0 Å². The number of rotatable bonds is 2. The van der Waals surface area contributed by atoms with E-state index in [2.05, 4.69) is 43.3 Å². The minimum Gasteiger partial charge on any atom is -0.511 e. The second-order valence-electron chi connectivity index (χ2n) is 7.23. The lowest BCUT2D eigenvalue weighted by Crippen LogP contribution is -2.21. The van der Waals surface area contributed by atoms with E-state index in [-0.39, 0.29) is 17.6 Å². The van der Waals surface area contributed by atoms with E-state index in [1.165, 1.54) is 5.56 Å². The Hall–Kier alpha value is -2.35. The van der Waals surface area contributed by atoms with Crippen molar-refractivity contribution in [3.63, 3.8) is 0 Å². The first-order chi connectivity index (χ1) is 11.5. The zero-order chi connectivity index (χ0) is 16.8. The predicted molar refractivity (Wildman–Crippen MR) is 96.7 cm³/mol. The molecule has 0 radical (unpaired) electrons. The van der Waals surface area contributed by atoms with Crippen molar-refractivity contribution < 1.29 is 9.90 Å². The van der Waals surface area contributed by atoms with Gasteiger partial charge in [0, 0.05) is 11.8 Å². The molecule has 2 aromatic carbocycles. The minimum absolute atomic E-state index is 0.0999. The maximum atomic E-state index is 12.8. The Bertz CT molecular complexity index is 860. The number of carbonyl (C=O) groups is 1. The Morgan fingerprint density at radius 3 is 2.50 bits per heavy atom. The number of aryl methyl sites for hydroxylation is 2. The molecule has 0 heterocycles. The summed E-state index contributed by atoms with van der Waals surface area (Å²) in [5.41, 5.74) is 5.95. The van der Waals surface area contributed by atoms with Crippen LogP contribution < -0.4 is 0 Å². The molecule has 2 bridgehead atoms. The molecule has 1 N–H and O–H groups in total. The third-order valence-electron chi connectivity index (χ3n) is 5.55. The molecule has 0 aromatic heterocycles. The number of hydrogen-bond donors (Lipinski definition) is 1.